The van der Waals surface area contributed by atoms with Gasteiger partial charge in [0.15, 0.2) is 0 Å². The first-order valence-corrected chi connectivity index (χ1v) is 10.1. The van der Waals surface area contributed by atoms with E-state index in [1.165, 1.54) is 0 Å². The van der Waals surface area contributed by atoms with Crippen LogP contribution >= 0.6 is 0 Å². The van der Waals surface area contributed by atoms with Gasteiger partial charge >= 0.3 is 0 Å². The van der Waals surface area contributed by atoms with Crippen molar-refractivity contribution in [1.82, 2.24) is 24.3 Å². The number of hydrogen-bond acceptors (Lipinski definition) is 4. The summed E-state index contributed by atoms with van der Waals surface area (Å²) in [5.41, 5.74) is 2.68. The van der Waals surface area contributed by atoms with Crippen LogP contribution < -0.4 is 0 Å². The molecule has 1 fully saturated rings. The zero-order valence-corrected chi connectivity index (χ0v) is 16.6. The van der Waals surface area contributed by atoms with Gasteiger partial charge in [0.2, 0.25) is 11.8 Å². The summed E-state index contributed by atoms with van der Waals surface area (Å²) in [7, 11) is 0. The Hall–Kier alpha value is -3.22. The Labute approximate surface area is 170 Å². The van der Waals surface area contributed by atoms with Crippen LogP contribution in [0.15, 0.2) is 48.7 Å². The third-order valence-electron chi connectivity index (χ3n) is 5.39. The number of imidazole rings is 1. The molecule has 4 rings (SSSR count). The van der Waals surface area contributed by atoms with Crippen molar-refractivity contribution in [3.05, 3.63) is 60.2 Å². The standard InChI is InChI=1S/C22H25N5O2/c1-2-20-24-18-8-3-4-9-19(18)27(20)16-22(29)26-13-11-25(12-14-26)21(28)15-17-7-5-6-10-23-17/h3-10H,2,11-16H2,1H3. The number of aryl methyl sites for hydroxylation is 1. The van der Waals surface area contributed by atoms with Crippen LogP contribution in [-0.4, -0.2) is 62.3 Å². The van der Waals surface area contributed by atoms with Gasteiger partial charge < -0.3 is 14.4 Å². The quantitative estimate of drug-likeness (QED) is 0.666. The largest absolute Gasteiger partial charge is 0.339 e. The maximum atomic E-state index is 12.9. The number of piperazine rings is 1. The van der Waals surface area contributed by atoms with E-state index < -0.39 is 0 Å². The minimum Gasteiger partial charge on any atom is -0.339 e. The number of aromatic nitrogens is 3. The zero-order chi connectivity index (χ0) is 20.2. The predicted octanol–water partition coefficient (Wildman–Crippen LogP) is 1.91. The summed E-state index contributed by atoms with van der Waals surface area (Å²) in [6.45, 7) is 4.56. The van der Waals surface area contributed by atoms with E-state index in [1.54, 1.807) is 6.20 Å². The van der Waals surface area contributed by atoms with Crippen LogP contribution in [0.4, 0.5) is 0 Å². The van der Waals surface area contributed by atoms with Gasteiger partial charge in [-0.25, -0.2) is 4.98 Å². The normalized spacial score (nSPS) is 14.4. The smallest absolute Gasteiger partial charge is 0.242 e. The number of benzene rings is 1. The third-order valence-corrected chi connectivity index (χ3v) is 5.39. The van der Waals surface area contributed by atoms with Crippen LogP contribution in [0.25, 0.3) is 11.0 Å². The highest BCUT2D eigenvalue weighted by molar-refractivity contribution is 5.82. The average molecular weight is 391 g/mol. The van der Waals surface area contributed by atoms with E-state index in [4.69, 9.17) is 0 Å². The maximum Gasteiger partial charge on any atom is 0.242 e. The molecule has 0 spiro atoms. The van der Waals surface area contributed by atoms with Gasteiger partial charge in [-0.15, -0.1) is 0 Å². The molecular formula is C22H25N5O2. The molecule has 0 saturated carbocycles. The molecule has 1 aliphatic rings. The number of carbonyl (C=O) groups is 2. The molecule has 1 aliphatic heterocycles. The monoisotopic (exact) mass is 391 g/mol. The van der Waals surface area contributed by atoms with Crippen LogP contribution in [0.2, 0.25) is 0 Å². The second kappa shape index (κ2) is 8.43. The highest BCUT2D eigenvalue weighted by atomic mass is 16.2. The number of hydrogen-bond donors (Lipinski definition) is 0. The first-order chi connectivity index (χ1) is 14.2. The van der Waals surface area contributed by atoms with E-state index in [-0.39, 0.29) is 18.4 Å². The van der Waals surface area contributed by atoms with Crippen LogP contribution in [0, 0.1) is 0 Å². The SMILES string of the molecule is CCc1nc2ccccc2n1CC(=O)N1CCN(C(=O)Cc2ccccn2)CC1. The molecule has 150 valence electrons. The number of para-hydroxylation sites is 2. The van der Waals surface area contributed by atoms with Crippen molar-refractivity contribution in [3.63, 3.8) is 0 Å². The van der Waals surface area contributed by atoms with E-state index in [2.05, 4.69) is 9.97 Å². The van der Waals surface area contributed by atoms with E-state index in [1.807, 2.05) is 63.8 Å². The molecule has 0 radical (unpaired) electrons. The summed E-state index contributed by atoms with van der Waals surface area (Å²) in [4.78, 5) is 37.9. The summed E-state index contributed by atoms with van der Waals surface area (Å²) in [6.07, 6.45) is 2.77. The first kappa shape index (κ1) is 19.1. The van der Waals surface area contributed by atoms with Gasteiger partial charge in [0.05, 0.1) is 17.5 Å². The van der Waals surface area contributed by atoms with Crippen molar-refractivity contribution in [1.29, 1.82) is 0 Å². The number of fused-ring (bicyclic) bond motifs is 1. The number of rotatable bonds is 5. The Kier molecular flexibility index (Phi) is 5.55. The summed E-state index contributed by atoms with van der Waals surface area (Å²) >= 11 is 0. The Morgan fingerprint density at radius 3 is 2.31 bits per heavy atom. The molecule has 1 saturated heterocycles. The minimum atomic E-state index is 0.0599. The van der Waals surface area contributed by atoms with Crippen LogP contribution in [0.5, 0.6) is 0 Å². The number of pyridine rings is 1. The second-order valence-electron chi connectivity index (χ2n) is 7.22. The first-order valence-electron chi connectivity index (χ1n) is 10.1. The van der Waals surface area contributed by atoms with E-state index in [0.717, 1.165) is 29.0 Å². The molecule has 2 aromatic heterocycles. The molecule has 29 heavy (non-hydrogen) atoms. The molecule has 0 unspecified atom stereocenters. The van der Waals surface area contributed by atoms with Crippen molar-refractivity contribution in [2.24, 2.45) is 0 Å². The highest BCUT2D eigenvalue weighted by Gasteiger charge is 2.25. The van der Waals surface area contributed by atoms with E-state index in [9.17, 15) is 9.59 Å². The Morgan fingerprint density at radius 1 is 0.931 bits per heavy atom. The lowest BCUT2D eigenvalue weighted by Crippen LogP contribution is -2.51. The van der Waals surface area contributed by atoms with Gasteiger partial charge in [-0.2, -0.15) is 0 Å². The predicted molar refractivity (Wildman–Crippen MR) is 110 cm³/mol. The van der Waals surface area contributed by atoms with Crippen LogP contribution in [-0.2, 0) is 29.0 Å². The fraction of sp³-hybridized carbons (Fsp3) is 0.364. The van der Waals surface area contributed by atoms with Crippen molar-refractivity contribution < 1.29 is 9.59 Å². The molecule has 0 atom stereocenters. The van der Waals surface area contributed by atoms with Gasteiger partial charge in [0, 0.05) is 44.5 Å². The lowest BCUT2D eigenvalue weighted by atomic mass is 10.2. The van der Waals surface area contributed by atoms with Gasteiger partial charge in [0.25, 0.3) is 0 Å². The van der Waals surface area contributed by atoms with Crippen molar-refractivity contribution in [2.75, 3.05) is 26.2 Å². The molecule has 2 amide bonds. The maximum absolute atomic E-state index is 12.9. The van der Waals surface area contributed by atoms with Gasteiger partial charge in [-0.05, 0) is 24.3 Å². The van der Waals surface area contributed by atoms with Crippen LogP contribution in [0.3, 0.4) is 0 Å². The van der Waals surface area contributed by atoms with Crippen molar-refractivity contribution >= 4 is 22.8 Å². The lowest BCUT2D eigenvalue weighted by Gasteiger charge is -2.35. The summed E-state index contributed by atoms with van der Waals surface area (Å²) in [6, 6.07) is 13.5. The van der Waals surface area contributed by atoms with Crippen molar-refractivity contribution in [2.45, 2.75) is 26.3 Å². The molecule has 0 aliphatic carbocycles. The fourth-order valence-corrected chi connectivity index (χ4v) is 3.78. The average Bonchev–Trinajstić information content (AvgIpc) is 3.12. The molecule has 0 bridgehead atoms. The zero-order valence-electron chi connectivity index (χ0n) is 16.6. The third kappa shape index (κ3) is 4.13. The topological polar surface area (TPSA) is 71.3 Å². The number of carbonyl (C=O) groups excluding carboxylic acids is 2. The summed E-state index contributed by atoms with van der Waals surface area (Å²) < 4.78 is 2.01. The minimum absolute atomic E-state index is 0.0599. The number of amides is 2. The summed E-state index contributed by atoms with van der Waals surface area (Å²) in [5, 5.41) is 0. The number of nitrogens with zero attached hydrogens (tertiary/aromatic N) is 5. The van der Waals surface area contributed by atoms with Crippen molar-refractivity contribution in [3.8, 4) is 0 Å². The molecule has 1 aromatic carbocycles. The Balaban J connectivity index is 1.37. The van der Waals surface area contributed by atoms with E-state index in [0.29, 0.717) is 32.6 Å². The second-order valence-corrected chi connectivity index (χ2v) is 7.22. The molecule has 3 heterocycles. The van der Waals surface area contributed by atoms with Gasteiger partial charge in [0.1, 0.15) is 12.4 Å². The Morgan fingerprint density at radius 2 is 1.62 bits per heavy atom. The molecule has 7 heteroatoms. The molecule has 3 aromatic rings. The molecular weight excluding hydrogens is 366 g/mol. The van der Waals surface area contributed by atoms with Gasteiger partial charge in [-0.3, -0.25) is 14.6 Å². The molecule has 0 N–H and O–H groups in total. The summed E-state index contributed by atoms with van der Waals surface area (Å²) in [5.74, 6) is 1.05. The van der Waals surface area contributed by atoms with Gasteiger partial charge in [-0.1, -0.05) is 25.1 Å². The molecule has 7 nitrogen and oxygen atoms in total. The Bertz CT molecular complexity index is 1010. The highest BCUT2D eigenvalue weighted by Crippen LogP contribution is 2.17. The van der Waals surface area contributed by atoms with E-state index >= 15 is 0 Å². The fourth-order valence-electron chi connectivity index (χ4n) is 3.78. The lowest BCUT2D eigenvalue weighted by molar-refractivity contribution is -0.139. The van der Waals surface area contributed by atoms with Crippen LogP contribution in [0.1, 0.15) is 18.4 Å².